The van der Waals surface area contributed by atoms with Crippen molar-refractivity contribution in [3.05, 3.63) is 10.2 Å². The molecule has 1 fully saturated rings. The summed E-state index contributed by atoms with van der Waals surface area (Å²) >= 11 is -0.445. The number of unbranched alkanes of at least 4 members (excludes halogenated alkanes) is 3. The molecule has 2 radical (unpaired) electrons. The maximum absolute atomic E-state index is 5.44. The molecule has 1 heterocycles. The Morgan fingerprint density at radius 3 is 1.91 bits per heavy atom. The van der Waals surface area contributed by atoms with Gasteiger partial charge in [0.1, 0.15) is 0 Å². The van der Waals surface area contributed by atoms with Gasteiger partial charge in [-0.05, 0) is 0 Å². The molecular formula is C20H39NOSn. The molecular weight excluding hydrogens is 389 g/mol. The van der Waals surface area contributed by atoms with E-state index in [9.17, 15) is 0 Å². The minimum absolute atomic E-state index is 0.445. The first-order valence-corrected chi connectivity index (χ1v) is 13.1. The Morgan fingerprint density at radius 1 is 0.913 bits per heavy atom. The summed E-state index contributed by atoms with van der Waals surface area (Å²) in [6.45, 7) is 12.3. The van der Waals surface area contributed by atoms with Gasteiger partial charge < -0.3 is 0 Å². The van der Waals surface area contributed by atoms with E-state index < -0.39 is 21.1 Å². The van der Waals surface area contributed by atoms with Gasteiger partial charge in [-0.25, -0.2) is 0 Å². The van der Waals surface area contributed by atoms with Crippen LogP contribution in [-0.2, 0) is 4.74 Å². The number of nitrogens with zero attached hydrogens (tertiary/aromatic N) is 1. The van der Waals surface area contributed by atoms with E-state index in [1.165, 1.54) is 57.8 Å². The SMILES string of the molecule is CCCC[C](CCCC)(CCCC)[Sn]/[CH]=C/CN1CCOCC1. The zero-order valence-electron chi connectivity index (χ0n) is 15.9. The van der Waals surface area contributed by atoms with Crippen molar-refractivity contribution in [1.29, 1.82) is 0 Å². The van der Waals surface area contributed by atoms with Crippen LogP contribution in [0.5, 0.6) is 0 Å². The summed E-state index contributed by atoms with van der Waals surface area (Å²) in [5, 5.41) is 0. The number of rotatable bonds is 13. The Balaban J connectivity index is 2.52. The normalized spacial score (nSPS) is 17.2. The Morgan fingerprint density at radius 2 is 1.43 bits per heavy atom. The predicted octanol–water partition coefficient (Wildman–Crippen LogP) is 5.27. The zero-order chi connectivity index (χ0) is 16.8. The molecule has 2 nitrogen and oxygen atoms in total. The van der Waals surface area contributed by atoms with Crippen molar-refractivity contribution in [2.75, 3.05) is 32.8 Å². The van der Waals surface area contributed by atoms with Crippen LogP contribution in [-0.4, -0.2) is 58.9 Å². The van der Waals surface area contributed by atoms with Crippen LogP contribution in [0.2, 0.25) is 3.43 Å². The molecule has 0 saturated carbocycles. The van der Waals surface area contributed by atoms with E-state index in [0.29, 0.717) is 0 Å². The Bertz CT molecular complexity index is 278. The number of hydrogen-bond donors (Lipinski definition) is 0. The molecule has 0 spiro atoms. The topological polar surface area (TPSA) is 12.5 Å². The molecule has 3 heteroatoms. The molecule has 1 saturated heterocycles. The summed E-state index contributed by atoms with van der Waals surface area (Å²) in [6, 6.07) is 0. The first-order chi connectivity index (χ1) is 11.3. The molecule has 0 atom stereocenters. The molecule has 1 aliphatic rings. The van der Waals surface area contributed by atoms with Gasteiger partial charge in [0.2, 0.25) is 0 Å². The van der Waals surface area contributed by atoms with Gasteiger partial charge in [0, 0.05) is 0 Å². The van der Waals surface area contributed by atoms with Gasteiger partial charge in [0.05, 0.1) is 0 Å². The molecule has 0 amide bonds. The fourth-order valence-electron chi connectivity index (χ4n) is 3.36. The van der Waals surface area contributed by atoms with E-state index in [1.807, 2.05) is 0 Å². The third kappa shape index (κ3) is 9.50. The van der Waals surface area contributed by atoms with Gasteiger partial charge in [0.15, 0.2) is 0 Å². The van der Waals surface area contributed by atoms with Crippen LogP contribution >= 0.6 is 0 Å². The average molecular weight is 428 g/mol. The molecule has 0 N–H and O–H groups in total. The van der Waals surface area contributed by atoms with Gasteiger partial charge in [0.25, 0.3) is 0 Å². The second-order valence-electron chi connectivity index (χ2n) is 7.05. The molecule has 0 bridgehead atoms. The zero-order valence-corrected chi connectivity index (χ0v) is 18.8. The van der Waals surface area contributed by atoms with Gasteiger partial charge in [-0.2, -0.15) is 0 Å². The van der Waals surface area contributed by atoms with Gasteiger partial charge >= 0.3 is 156 Å². The van der Waals surface area contributed by atoms with Gasteiger partial charge in [-0.15, -0.1) is 0 Å². The molecule has 0 aromatic carbocycles. The fourth-order valence-corrected chi connectivity index (χ4v) is 7.75. The van der Waals surface area contributed by atoms with E-state index >= 15 is 0 Å². The summed E-state index contributed by atoms with van der Waals surface area (Å²) in [5.41, 5.74) is 0. The Labute approximate surface area is 155 Å². The molecule has 1 rings (SSSR count). The van der Waals surface area contributed by atoms with Gasteiger partial charge in [-0.1, -0.05) is 0 Å². The number of ether oxygens (including phenoxy) is 1. The van der Waals surface area contributed by atoms with Crippen LogP contribution in [0, 0.1) is 0 Å². The second-order valence-corrected chi connectivity index (χ2v) is 11.9. The van der Waals surface area contributed by atoms with E-state index in [-0.39, 0.29) is 0 Å². The molecule has 0 aromatic heterocycles. The molecule has 0 unspecified atom stereocenters. The maximum atomic E-state index is 5.44. The van der Waals surface area contributed by atoms with Crippen LogP contribution in [0.4, 0.5) is 0 Å². The van der Waals surface area contributed by atoms with Crippen LogP contribution in [0.15, 0.2) is 10.2 Å². The summed E-state index contributed by atoms with van der Waals surface area (Å²) in [7, 11) is 0. The van der Waals surface area contributed by atoms with E-state index in [1.54, 1.807) is 0 Å². The van der Waals surface area contributed by atoms with Crippen LogP contribution in [0.25, 0.3) is 0 Å². The van der Waals surface area contributed by atoms with E-state index in [0.717, 1.165) is 36.3 Å². The van der Waals surface area contributed by atoms with Crippen molar-refractivity contribution in [2.24, 2.45) is 0 Å². The Kier molecular flexibility index (Phi) is 12.8. The van der Waals surface area contributed by atoms with Crippen molar-refractivity contribution in [2.45, 2.75) is 82.0 Å². The minimum atomic E-state index is -0.445. The monoisotopic (exact) mass is 429 g/mol. The summed E-state index contributed by atoms with van der Waals surface area (Å²) in [6.07, 6.45) is 15.4. The summed E-state index contributed by atoms with van der Waals surface area (Å²) in [5.74, 6) is 0. The molecule has 1 aliphatic heterocycles. The van der Waals surface area contributed by atoms with Crippen LogP contribution < -0.4 is 0 Å². The van der Waals surface area contributed by atoms with Crippen molar-refractivity contribution in [1.82, 2.24) is 4.90 Å². The molecule has 134 valence electrons. The first kappa shape index (κ1) is 21.5. The fraction of sp³-hybridized carbons (Fsp3) is 0.900. The second kappa shape index (κ2) is 13.7. The number of morpholine rings is 1. The van der Waals surface area contributed by atoms with Gasteiger partial charge in [-0.3, -0.25) is 0 Å². The van der Waals surface area contributed by atoms with Crippen molar-refractivity contribution in [3.63, 3.8) is 0 Å². The predicted molar refractivity (Wildman–Crippen MR) is 103 cm³/mol. The quantitative estimate of drug-likeness (QED) is 0.371. The van der Waals surface area contributed by atoms with Crippen LogP contribution in [0.1, 0.15) is 78.6 Å². The van der Waals surface area contributed by atoms with E-state index in [4.69, 9.17) is 4.74 Å². The number of hydrogen-bond acceptors (Lipinski definition) is 2. The third-order valence-corrected chi connectivity index (χ3v) is 10.0. The standard InChI is InChI=1S/C13H27.C7H12NO.Sn/c1-4-7-10-13(11-8-5-2)12-9-6-3;1-2-3-8-4-6-9-7-5-8;/h4-12H2,1-3H3;1-2H,3-7H2;. The summed E-state index contributed by atoms with van der Waals surface area (Å²) < 4.78 is 8.85. The van der Waals surface area contributed by atoms with Crippen LogP contribution in [0.3, 0.4) is 0 Å². The first-order valence-electron chi connectivity index (χ1n) is 9.99. The molecule has 0 aliphatic carbocycles. The van der Waals surface area contributed by atoms with E-state index in [2.05, 4.69) is 35.8 Å². The Hall–Kier alpha value is 0.459. The molecule has 0 aromatic rings. The molecule has 23 heavy (non-hydrogen) atoms. The third-order valence-electron chi connectivity index (χ3n) is 5.00. The van der Waals surface area contributed by atoms with Crippen molar-refractivity contribution >= 4 is 21.1 Å². The van der Waals surface area contributed by atoms with Crippen molar-refractivity contribution in [3.8, 4) is 0 Å². The van der Waals surface area contributed by atoms with Crippen molar-refractivity contribution < 1.29 is 4.74 Å². The summed E-state index contributed by atoms with van der Waals surface area (Å²) in [4.78, 5) is 2.53. The average Bonchev–Trinajstić information content (AvgIpc) is 2.60.